The highest BCUT2D eigenvalue weighted by Crippen LogP contribution is 2.67. The molecule has 0 bridgehead atoms. The number of amides is 1. The zero-order valence-electron chi connectivity index (χ0n) is 33.6. The zero-order chi connectivity index (χ0) is 37.4. The highest BCUT2D eigenvalue weighted by atomic mass is 35.5. The molecule has 0 aliphatic heterocycles. The van der Waals surface area contributed by atoms with E-state index >= 15 is 0 Å². The minimum Gasteiger partial charge on any atom is -0.462 e. The second kappa shape index (κ2) is 22.4. The predicted octanol–water partition coefficient (Wildman–Crippen LogP) is 13.1. The third-order valence-corrected chi connectivity index (χ3v) is 14.5. The van der Waals surface area contributed by atoms with Crippen LogP contribution >= 0.6 is 23.2 Å². The molecular formula is C45H75Cl2NO4. The van der Waals surface area contributed by atoms with Gasteiger partial charge >= 0.3 is 12.1 Å². The van der Waals surface area contributed by atoms with Crippen molar-refractivity contribution < 1.29 is 19.1 Å². The lowest BCUT2D eigenvalue weighted by atomic mass is 9.47. The van der Waals surface area contributed by atoms with Gasteiger partial charge in [-0.25, -0.2) is 4.79 Å². The van der Waals surface area contributed by atoms with Crippen molar-refractivity contribution in [1.29, 1.82) is 0 Å². The smallest absolute Gasteiger partial charge is 0.409 e. The summed E-state index contributed by atoms with van der Waals surface area (Å²) in [7, 11) is 0. The second-order valence-electron chi connectivity index (χ2n) is 17.6. The molecule has 7 heteroatoms. The molecule has 0 aromatic carbocycles. The summed E-state index contributed by atoms with van der Waals surface area (Å²) in [4.78, 5) is 27.2. The Labute approximate surface area is 328 Å². The van der Waals surface area contributed by atoms with Gasteiger partial charge in [0.05, 0.1) is 6.61 Å². The second-order valence-corrected chi connectivity index (χ2v) is 18.4. The summed E-state index contributed by atoms with van der Waals surface area (Å²) >= 11 is 11.8. The molecule has 0 aromatic rings. The summed E-state index contributed by atoms with van der Waals surface area (Å²) in [6, 6.07) is 0. The molecule has 0 spiro atoms. The number of fused-ring (bicyclic) bond motifs is 5. The number of nitrogens with zero attached hydrogens (tertiary/aromatic N) is 1. The van der Waals surface area contributed by atoms with Gasteiger partial charge in [-0.1, -0.05) is 103 Å². The standard InChI is InChI=1S/C45H75Cl2NO4/c1-5-6-7-8-9-10-11-12-13-14-15-16-17-18-19-20-42(49)52-37-25-27-44(3)36(33-37)21-22-38-40-24-23-39(45(40,4)28-26-41(38)44)35(2)34-51-43(50)48(31-29-46)32-30-47/h12-13,21,35,37-41H,5-11,14-20,22-34H2,1-4H3/b13-12-/t35?,37-,38-,39?,40-,41-,44-,45+/m0/s1. The first-order valence-electron chi connectivity index (χ1n) is 21.8. The number of rotatable bonds is 23. The van der Waals surface area contributed by atoms with E-state index in [0.717, 1.165) is 50.4 Å². The average Bonchev–Trinajstić information content (AvgIpc) is 3.49. The summed E-state index contributed by atoms with van der Waals surface area (Å²) < 4.78 is 11.9. The van der Waals surface area contributed by atoms with E-state index in [1.165, 1.54) is 96.3 Å². The Kier molecular flexibility index (Phi) is 18.7. The number of hydrogen-bond acceptors (Lipinski definition) is 4. The SMILES string of the molecule is CCCCCCCC/C=C\CCCCCCCC(=O)O[C@H]1CC[C@@]2(C)C(=CC[C@@H]3[C@@H]2CC[C@]2(C)C(C(C)COC(=O)N(CCCl)CCCl)CC[C@@H]32)C1. The van der Waals surface area contributed by atoms with Crippen molar-refractivity contribution in [1.82, 2.24) is 4.90 Å². The molecule has 298 valence electrons. The van der Waals surface area contributed by atoms with Gasteiger partial charge in [0.1, 0.15) is 6.10 Å². The lowest BCUT2D eigenvalue weighted by Gasteiger charge is -2.58. The Morgan fingerprint density at radius 2 is 1.52 bits per heavy atom. The van der Waals surface area contributed by atoms with Gasteiger partial charge in [-0.15, -0.1) is 23.2 Å². The summed E-state index contributed by atoms with van der Waals surface area (Å²) in [5, 5.41) is 0. The Morgan fingerprint density at radius 3 is 2.19 bits per heavy atom. The highest BCUT2D eigenvalue weighted by Gasteiger charge is 2.59. The maximum absolute atomic E-state index is 12.8. The van der Waals surface area contributed by atoms with Crippen LogP contribution in [0.2, 0.25) is 0 Å². The van der Waals surface area contributed by atoms with Gasteiger partial charge in [0.25, 0.3) is 0 Å². The minimum atomic E-state index is -0.293. The number of ether oxygens (including phenoxy) is 2. The molecule has 4 rings (SSSR count). The summed E-state index contributed by atoms with van der Waals surface area (Å²) in [5.41, 5.74) is 2.08. The fourth-order valence-corrected chi connectivity index (χ4v) is 11.6. The first-order chi connectivity index (χ1) is 25.2. The fraction of sp³-hybridized carbons (Fsp3) is 0.867. The Morgan fingerprint density at radius 1 is 0.865 bits per heavy atom. The van der Waals surface area contributed by atoms with Crippen LogP contribution < -0.4 is 0 Å². The number of carbonyl (C=O) groups excluding carboxylic acids is 2. The van der Waals surface area contributed by atoms with Crippen LogP contribution in [0.3, 0.4) is 0 Å². The molecule has 4 aliphatic rings. The number of alkyl halides is 2. The first-order valence-corrected chi connectivity index (χ1v) is 22.8. The molecule has 2 unspecified atom stereocenters. The van der Waals surface area contributed by atoms with Crippen LogP contribution in [-0.2, 0) is 14.3 Å². The van der Waals surface area contributed by atoms with Crippen molar-refractivity contribution in [3.8, 4) is 0 Å². The van der Waals surface area contributed by atoms with E-state index in [-0.39, 0.29) is 29.0 Å². The Balaban J connectivity index is 1.14. The number of hydrogen-bond donors (Lipinski definition) is 0. The van der Waals surface area contributed by atoms with Crippen LogP contribution in [0, 0.1) is 40.4 Å². The highest BCUT2D eigenvalue weighted by molar-refractivity contribution is 6.18. The number of allylic oxidation sites excluding steroid dienone is 3. The van der Waals surface area contributed by atoms with E-state index in [2.05, 4.69) is 45.9 Å². The fourth-order valence-electron chi connectivity index (χ4n) is 11.2. The molecule has 0 heterocycles. The lowest BCUT2D eigenvalue weighted by Crippen LogP contribution is -2.51. The average molecular weight is 765 g/mol. The maximum atomic E-state index is 12.8. The topological polar surface area (TPSA) is 55.8 Å². The normalized spacial score (nSPS) is 30.3. The van der Waals surface area contributed by atoms with Crippen molar-refractivity contribution in [2.75, 3.05) is 31.5 Å². The van der Waals surface area contributed by atoms with E-state index < -0.39 is 0 Å². The molecule has 0 radical (unpaired) electrons. The third kappa shape index (κ3) is 11.9. The van der Waals surface area contributed by atoms with Gasteiger partial charge in [-0.3, -0.25) is 4.79 Å². The molecule has 5 nitrogen and oxygen atoms in total. The van der Waals surface area contributed by atoms with Gasteiger partial charge in [-0.05, 0) is 117 Å². The van der Waals surface area contributed by atoms with Crippen LogP contribution in [0.4, 0.5) is 4.79 Å². The molecule has 1 amide bonds. The van der Waals surface area contributed by atoms with Crippen molar-refractivity contribution in [2.24, 2.45) is 40.4 Å². The first kappa shape index (κ1) is 43.5. The molecule has 0 N–H and O–H groups in total. The van der Waals surface area contributed by atoms with E-state index in [1.807, 2.05) is 0 Å². The minimum absolute atomic E-state index is 0.0107. The van der Waals surface area contributed by atoms with Gasteiger partial charge in [0.15, 0.2) is 0 Å². The van der Waals surface area contributed by atoms with Crippen molar-refractivity contribution in [3.05, 3.63) is 23.8 Å². The predicted molar refractivity (Wildman–Crippen MR) is 218 cm³/mol. The van der Waals surface area contributed by atoms with E-state index in [9.17, 15) is 9.59 Å². The van der Waals surface area contributed by atoms with E-state index in [4.69, 9.17) is 32.7 Å². The van der Waals surface area contributed by atoms with Crippen LogP contribution in [-0.4, -0.2) is 54.5 Å². The number of halogens is 2. The molecule has 52 heavy (non-hydrogen) atoms. The number of unbranched alkanes of at least 4 members (excludes halogenated alkanes) is 11. The molecule has 3 fully saturated rings. The quantitative estimate of drug-likeness (QED) is 0.0450. The van der Waals surface area contributed by atoms with Crippen molar-refractivity contribution in [3.63, 3.8) is 0 Å². The van der Waals surface area contributed by atoms with E-state index in [0.29, 0.717) is 55.6 Å². The largest absolute Gasteiger partial charge is 0.462 e. The summed E-state index contributed by atoms with van der Waals surface area (Å²) in [5.74, 6) is 3.81. The Bertz CT molecular complexity index is 1140. The number of carbonyl (C=O) groups is 2. The monoisotopic (exact) mass is 764 g/mol. The van der Waals surface area contributed by atoms with Gasteiger partial charge in [0.2, 0.25) is 0 Å². The lowest BCUT2D eigenvalue weighted by molar-refractivity contribution is -0.151. The molecule has 3 saturated carbocycles. The van der Waals surface area contributed by atoms with E-state index in [1.54, 1.807) is 10.5 Å². The van der Waals surface area contributed by atoms with Gasteiger partial charge in [0, 0.05) is 37.7 Å². The zero-order valence-corrected chi connectivity index (χ0v) is 35.1. The van der Waals surface area contributed by atoms with Crippen LogP contribution in [0.25, 0.3) is 0 Å². The van der Waals surface area contributed by atoms with Gasteiger partial charge < -0.3 is 14.4 Å². The molecular weight excluding hydrogens is 689 g/mol. The van der Waals surface area contributed by atoms with Crippen LogP contribution in [0.15, 0.2) is 23.8 Å². The maximum Gasteiger partial charge on any atom is 0.409 e. The van der Waals surface area contributed by atoms with Crippen LogP contribution in [0.5, 0.6) is 0 Å². The van der Waals surface area contributed by atoms with Crippen molar-refractivity contribution in [2.45, 2.75) is 175 Å². The van der Waals surface area contributed by atoms with Gasteiger partial charge in [-0.2, -0.15) is 0 Å². The summed E-state index contributed by atoms with van der Waals surface area (Å²) in [6.07, 6.45) is 33.3. The number of esters is 1. The van der Waals surface area contributed by atoms with Crippen molar-refractivity contribution >= 4 is 35.3 Å². The van der Waals surface area contributed by atoms with Crippen LogP contribution in [0.1, 0.15) is 169 Å². The molecule has 0 saturated heterocycles. The third-order valence-electron chi connectivity index (χ3n) is 14.2. The molecule has 4 aliphatic carbocycles. The Hall–Kier alpha value is -1.20. The molecule has 0 aromatic heterocycles. The summed E-state index contributed by atoms with van der Waals surface area (Å²) in [6.45, 7) is 11.0. The molecule has 8 atom stereocenters.